The minimum Gasteiger partial charge on any atom is -0.358 e. The van der Waals surface area contributed by atoms with Crippen molar-refractivity contribution in [3.8, 4) is 0 Å². The molecule has 0 bridgehead atoms. The Balaban J connectivity index is 2.19. The molecule has 7 heteroatoms. The zero-order valence-corrected chi connectivity index (χ0v) is 12.7. The van der Waals surface area contributed by atoms with Crippen LogP contribution in [0.5, 0.6) is 0 Å². The lowest BCUT2D eigenvalue weighted by molar-refractivity contribution is -0.391. The van der Waals surface area contributed by atoms with Crippen LogP contribution in [0.3, 0.4) is 0 Å². The van der Waals surface area contributed by atoms with E-state index in [1.165, 1.54) is 16.7 Å². The van der Waals surface area contributed by atoms with Crippen LogP contribution in [0.2, 0.25) is 0 Å². The second-order valence-electron chi connectivity index (χ2n) is 5.74. The largest absolute Gasteiger partial charge is 0.358 e. The molecule has 21 heavy (non-hydrogen) atoms. The maximum absolute atomic E-state index is 12.7. The molecule has 7 nitrogen and oxygen atoms in total. The molecule has 1 amide bonds. The molecule has 2 heterocycles. The Bertz CT molecular complexity index is 532. The van der Waals surface area contributed by atoms with E-state index in [1.54, 1.807) is 11.9 Å². The molecule has 1 aromatic rings. The first-order valence-corrected chi connectivity index (χ1v) is 7.26. The number of nitro groups is 1. The Morgan fingerprint density at radius 2 is 2.29 bits per heavy atom. The van der Waals surface area contributed by atoms with Gasteiger partial charge in [0, 0.05) is 24.7 Å². The zero-order valence-electron chi connectivity index (χ0n) is 12.7. The third kappa shape index (κ3) is 3.24. The van der Waals surface area contributed by atoms with Crippen molar-refractivity contribution in [3.63, 3.8) is 0 Å². The lowest BCUT2D eigenvalue weighted by Crippen LogP contribution is -2.45. The first-order valence-electron chi connectivity index (χ1n) is 7.26. The molecule has 1 atom stereocenters. The number of nitrogens with one attached hydrogen (secondary N) is 1. The summed E-state index contributed by atoms with van der Waals surface area (Å²) >= 11 is 0. The highest BCUT2D eigenvalue weighted by Crippen LogP contribution is 2.19. The van der Waals surface area contributed by atoms with Gasteiger partial charge >= 0.3 is 5.82 Å². The minimum absolute atomic E-state index is 0.0499. The molecule has 1 fully saturated rings. The van der Waals surface area contributed by atoms with Gasteiger partial charge in [-0.1, -0.05) is 0 Å². The van der Waals surface area contributed by atoms with Crippen LogP contribution in [0.15, 0.2) is 12.1 Å². The van der Waals surface area contributed by atoms with Crippen molar-refractivity contribution in [2.24, 2.45) is 7.05 Å². The van der Waals surface area contributed by atoms with Crippen LogP contribution >= 0.6 is 0 Å². The number of amides is 1. The number of carbonyl (C=O) groups is 1. The summed E-state index contributed by atoms with van der Waals surface area (Å²) in [6.07, 6.45) is 2.18. The Labute approximate surface area is 124 Å². The van der Waals surface area contributed by atoms with E-state index in [0.29, 0.717) is 18.3 Å². The van der Waals surface area contributed by atoms with Gasteiger partial charge in [-0.15, -0.1) is 0 Å². The highest BCUT2D eigenvalue weighted by Gasteiger charge is 2.29. The molecule has 1 aliphatic rings. The van der Waals surface area contributed by atoms with Crippen molar-refractivity contribution >= 4 is 11.7 Å². The summed E-state index contributed by atoms with van der Waals surface area (Å²) in [5, 5.41) is 14.3. The highest BCUT2D eigenvalue weighted by atomic mass is 16.6. The fourth-order valence-electron chi connectivity index (χ4n) is 2.72. The van der Waals surface area contributed by atoms with Gasteiger partial charge in [0.05, 0.1) is 7.05 Å². The lowest BCUT2D eigenvalue weighted by atomic mass is 10.1. The molecule has 116 valence electrons. The van der Waals surface area contributed by atoms with Gasteiger partial charge in [-0.05, 0) is 44.2 Å². The fourth-order valence-corrected chi connectivity index (χ4v) is 2.72. The van der Waals surface area contributed by atoms with Gasteiger partial charge in [-0.2, -0.15) is 0 Å². The molecule has 1 N–H and O–H groups in total. The molecule has 1 unspecified atom stereocenters. The maximum Gasteiger partial charge on any atom is 0.323 e. The average molecular weight is 294 g/mol. The molecule has 1 saturated heterocycles. The van der Waals surface area contributed by atoms with Gasteiger partial charge in [0.2, 0.25) is 0 Å². The van der Waals surface area contributed by atoms with E-state index in [0.717, 1.165) is 19.4 Å². The summed E-state index contributed by atoms with van der Waals surface area (Å²) in [6, 6.07) is 3.26. The number of hydrogen-bond acceptors (Lipinski definition) is 4. The Morgan fingerprint density at radius 3 is 2.76 bits per heavy atom. The Hall–Kier alpha value is -1.89. The number of carbonyl (C=O) groups excluding carboxylic acids is 1. The molecule has 0 spiro atoms. The predicted octanol–water partition coefficient (Wildman–Crippen LogP) is 1.54. The quantitative estimate of drug-likeness (QED) is 0.660. The standard InChI is InChI=1S/C14H22N4O3/c1-10(2)17(9-11-5-4-8-15-11)14(19)12-6-7-13(16(12)3)18(20)21/h6-7,10-11,15H,4-5,8-9H2,1-3H3. The average Bonchev–Trinajstić information content (AvgIpc) is 3.03. The van der Waals surface area contributed by atoms with Gasteiger partial charge in [0.1, 0.15) is 0 Å². The summed E-state index contributed by atoms with van der Waals surface area (Å²) in [5.74, 6) is -0.227. The number of rotatable bonds is 5. The van der Waals surface area contributed by atoms with Gasteiger partial charge in [-0.3, -0.25) is 4.79 Å². The molecular weight excluding hydrogens is 272 g/mol. The molecular formula is C14H22N4O3. The van der Waals surface area contributed by atoms with Crippen molar-refractivity contribution < 1.29 is 9.72 Å². The SMILES string of the molecule is CC(C)N(CC1CCCN1)C(=O)c1ccc([N+](=O)[O-])n1C. The fraction of sp³-hybridized carbons (Fsp3) is 0.643. The van der Waals surface area contributed by atoms with Gasteiger partial charge in [-0.25, -0.2) is 4.57 Å². The predicted molar refractivity (Wildman–Crippen MR) is 79.3 cm³/mol. The number of aromatic nitrogens is 1. The van der Waals surface area contributed by atoms with E-state index in [2.05, 4.69) is 5.32 Å². The molecule has 1 aromatic heterocycles. The third-order valence-electron chi connectivity index (χ3n) is 3.97. The monoisotopic (exact) mass is 294 g/mol. The van der Waals surface area contributed by atoms with E-state index in [1.807, 2.05) is 13.8 Å². The smallest absolute Gasteiger partial charge is 0.323 e. The van der Waals surface area contributed by atoms with Gasteiger partial charge in [0.15, 0.2) is 5.69 Å². The normalized spacial score (nSPS) is 18.2. The third-order valence-corrected chi connectivity index (χ3v) is 3.97. The first-order chi connectivity index (χ1) is 9.91. The van der Waals surface area contributed by atoms with Crippen LogP contribution in [0.1, 0.15) is 37.2 Å². The van der Waals surface area contributed by atoms with Crippen LogP contribution < -0.4 is 5.32 Å². The molecule has 0 radical (unpaired) electrons. The number of hydrogen-bond donors (Lipinski definition) is 1. The van der Waals surface area contributed by atoms with E-state index in [4.69, 9.17) is 0 Å². The topological polar surface area (TPSA) is 80.4 Å². The summed E-state index contributed by atoms with van der Waals surface area (Å²) < 4.78 is 1.35. The van der Waals surface area contributed by atoms with Crippen molar-refractivity contribution in [3.05, 3.63) is 27.9 Å². The summed E-state index contributed by atoms with van der Waals surface area (Å²) in [6.45, 7) is 5.55. The molecule has 0 aliphatic carbocycles. The second-order valence-corrected chi connectivity index (χ2v) is 5.74. The highest BCUT2D eigenvalue weighted by molar-refractivity contribution is 5.93. The maximum atomic E-state index is 12.7. The van der Waals surface area contributed by atoms with Crippen LogP contribution in [-0.4, -0.2) is 45.5 Å². The van der Waals surface area contributed by atoms with Crippen molar-refractivity contribution in [2.45, 2.75) is 38.8 Å². The van der Waals surface area contributed by atoms with E-state index in [-0.39, 0.29) is 17.8 Å². The molecule has 0 saturated carbocycles. The van der Waals surface area contributed by atoms with Crippen LogP contribution in [-0.2, 0) is 7.05 Å². The summed E-state index contributed by atoms with van der Waals surface area (Å²) in [7, 11) is 1.55. The molecule has 0 aromatic carbocycles. The van der Waals surface area contributed by atoms with Crippen molar-refractivity contribution in [1.29, 1.82) is 0 Å². The van der Waals surface area contributed by atoms with Crippen LogP contribution in [0.25, 0.3) is 0 Å². The van der Waals surface area contributed by atoms with Crippen LogP contribution in [0, 0.1) is 10.1 Å². The van der Waals surface area contributed by atoms with Gasteiger partial charge < -0.3 is 20.3 Å². The van der Waals surface area contributed by atoms with E-state index >= 15 is 0 Å². The number of nitrogens with zero attached hydrogens (tertiary/aromatic N) is 3. The zero-order chi connectivity index (χ0) is 15.6. The van der Waals surface area contributed by atoms with Crippen LogP contribution in [0.4, 0.5) is 5.82 Å². The van der Waals surface area contributed by atoms with Crippen molar-refractivity contribution in [1.82, 2.24) is 14.8 Å². The molecule has 2 rings (SSSR count). The molecule has 1 aliphatic heterocycles. The van der Waals surface area contributed by atoms with E-state index in [9.17, 15) is 14.9 Å². The van der Waals surface area contributed by atoms with Crippen molar-refractivity contribution in [2.75, 3.05) is 13.1 Å². The Kier molecular flexibility index (Phi) is 4.62. The summed E-state index contributed by atoms with van der Waals surface area (Å²) in [5.41, 5.74) is 0.355. The second kappa shape index (κ2) is 6.26. The Morgan fingerprint density at radius 1 is 1.57 bits per heavy atom. The summed E-state index contributed by atoms with van der Waals surface area (Å²) in [4.78, 5) is 24.9. The first kappa shape index (κ1) is 15.5. The van der Waals surface area contributed by atoms with E-state index < -0.39 is 4.92 Å². The lowest BCUT2D eigenvalue weighted by Gasteiger charge is -2.28. The minimum atomic E-state index is -0.477. The van der Waals surface area contributed by atoms with Gasteiger partial charge in [0.25, 0.3) is 5.91 Å².